The molecule has 1 aliphatic rings. The highest BCUT2D eigenvalue weighted by atomic mass is 16.5. The van der Waals surface area contributed by atoms with Crippen LogP contribution in [0.5, 0.6) is 5.75 Å². The number of rotatable bonds is 4. The molecule has 1 heterocycles. The summed E-state index contributed by atoms with van der Waals surface area (Å²) in [6.45, 7) is 2.50. The zero-order valence-corrected chi connectivity index (χ0v) is 12.2. The summed E-state index contributed by atoms with van der Waals surface area (Å²) in [5.74, 6) is 0.520. The second kappa shape index (κ2) is 5.89. The monoisotopic (exact) mass is 296 g/mol. The van der Waals surface area contributed by atoms with Crippen LogP contribution in [0.25, 0.3) is 0 Å². The van der Waals surface area contributed by atoms with Gasteiger partial charge in [-0.3, -0.25) is 9.59 Å². The highest BCUT2D eigenvalue weighted by Gasteiger charge is 2.18. The van der Waals surface area contributed by atoms with E-state index in [2.05, 4.69) is 10.6 Å². The van der Waals surface area contributed by atoms with E-state index in [0.717, 1.165) is 17.0 Å². The van der Waals surface area contributed by atoms with Gasteiger partial charge in [0.25, 0.3) is 5.91 Å². The molecule has 0 aliphatic carbocycles. The van der Waals surface area contributed by atoms with E-state index in [0.29, 0.717) is 24.3 Å². The Morgan fingerprint density at radius 1 is 1.23 bits per heavy atom. The summed E-state index contributed by atoms with van der Waals surface area (Å²) >= 11 is 0. The largest absolute Gasteiger partial charge is 0.494 e. The van der Waals surface area contributed by atoms with Crippen LogP contribution in [0.3, 0.4) is 0 Å². The lowest BCUT2D eigenvalue weighted by Gasteiger charge is -2.08. The smallest absolute Gasteiger partial charge is 0.255 e. The molecular weight excluding hydrogens is 280 g/mol. The molecule has 0 saturated carbocycles. The first-order valence-corrected chi connectivity index (χ1v) is 7.12. The van der Waals surface area contributed by atoms with E-state index in [1.807, 2.05) is 13.0 Å². The summed E-state index contributed by atoms with van der Waals surface area (Å²) in [6, 6.07) is 12.4. The molecule has 0 radical (unpaired) electrons. The predicted octanol–water partition coefficient (Wildman–Crippen LogP) is 2.83. The van der Waals surface area contributed by atoms with Crippen LogP contribution in [0.4, 0.5) is 11.4 Å². The third-order valence-corrected chi connectivity index (χ3v) is 3.42. The van der Waals surface area contributed by atoms with Gasteiger partial charge in [0.1, 0.15) is 5.75 Å². The summed E-state index contributed by atoms with van der Waals surface area (Å²) < 4.78 is 5.35. The molecule has 112 valence electrons. The van der Waals surface area contributed by atoms with Crippen molar-refractivity contribution in [3.8, 4) is 5.75 Å². The van der Waals surface area contributed by atoms with Gasteiger partial charge >= 0.3 is 0 Å². The topological polar surface area (TPSA) is 67.4 Å². The Balaban J connectivity index is 1.71. The summed E-state index contributed by atoms with van der Waals surface area (Å²) in [5, 5.41) is 5.60. The quantitative estimate of drug-likeness (QED) is 0.911. The lowest BCUT2D eigenvalue weighted by atomic mass is 10.1. The molecule has 2 aromatic rings. The van der Waals surface area contributed by atoms with Crippen molar-refractivity contribution < 1.29 is 14.3 Å². The average molecular weight is 296 g/mol. The predicted molar refractivity (Wildman–Crippen MR) is 84.3 cm³/mol. The number of hydrogen-bond donors (Lipinski definition) is 2. The van der Waals surface area contributed by atoms with Crippen LogP contribution in [0.1, 0.15) is 22.8 Å². The van der Waals surface area contributed by atoms with Crippen LogP contribution in [-0.4, -0.2) is 18.4 Å². The molecule has 0 bridgehead atoms. The Kier molecular flexibility index (Phi) is 3.78. The van der Waals surface area contributed by atoms with Crippen molar-refractivity contribution in [1.29, 1.82) is 0 Å². The number of amides is 2. The van der Waals surface area contributed by atoms with Crippen molar-refractivity contribution in [3.05, 3.63) is 53.6 Å². The maximum atomic E-state index is 12.2. The van der Waals surface area contributed by atoms with Crippen LogP contribution in [0.2, 0.25) is 0 Å². The molecule has 0 spiro atoms. The summed E-state index contributed by atoms with van der Waals surface area (Å²) in [4.78, 5) is 23.5. The first kappa shape index (κ1) is 14.1. The number of carbonyl (C=O) groups is 2. The van der Waals surface area contributed by atoms with E-state index in [-0.39, 0.29) is 11.8 Å². The van der Waals surface area contributed by atoms with Gasteiger partial charge in [0.05, 0.1) is 13.0 Å². The van der Waals surface area contributed by atoms with Gasteiger partial charge < -0.3 is 15.4 Å². The summed E-state index contributed by atoms with van der Waals surface area (Å²) in [6.07, 6.45) is 0.349. The zero-order chi connectivity index (χ0) is 15.5. The van der Waals surface area contributed by atoms with E-state index in [4.69, 9.17) is 4.74 Å². The number of nitrogens with one attached hydrogen (secondary N) is 2. The fourth-order valence-corrected chi connectivity index (χ4v) is 2.38. The number of hydrogen-bond acceptors (Lipinski definition) is 3. The molecule has 0 aromatic heterocycles. The Morgan fingerprint density at radius 2 is 2.00 bits per heavy atom. The van der Waals surface area contributed by atoms with Crippen molar-refractivity contribution in [3.63, 3.8) is 0 Å². The number of fused-ring (bicyclic) bond motifs is 1. The van der Waals surface area contributed by atoms with Crippen LogP contribution in [0.15, 0.2) is 42.5 Å². The van der Waals surface area contributed by atoms with Crippen molar-refractivity contribution in [2.24, 2.45) is 0 Å². The Labute approximate surface area is 128 Å². The Hall–Kier alpha value is -2.82. The third kappa shape index (κ3) is 2.93. The van der Waals surface area contributed by atoms with Crippen molar-refractivity contribution in [2.45, 2.75) is 13.3 Å². The normalized spacial score (nSPS) is 12.5. The van der Waals surface area contributed by atoms with Gasteiger partial charge in [0.15, 0.2) is 0 Å². The van der Waals surface area contributed by atoms with Gasteiger partial charge in [0, 0.05) is 16.9 Å². The van der Waals surface area contributed by atoms with Crippen molar-refractivity contribution in [1.82, 2.24) is 0 Å². The highest BCUT2D eigenvalue weighted by Crippen LogP contribution is 2.26. The molecule has 3 rings (SSSR count). The highest BCUT2D eigenvalue weighted by molar-refractivity contribution is 6.05. The molecule has 0 fully saturated rings. The first-order valence-electron chi connectivity index (χ1n) is 7.12. The molecule has 2 amide bonds. The van der Waals surface area contributed by atoms with E-state index in [1.54, 1.807) is 36.4 Å². The standard InChI is InChI=1S/C17H16N2O3/c1-2-22-14-6-3-11(4-7-14)17(21)18-13-5-8-15-12(9-13)10-16(20)19-15/h3-9H,2,10H2,1H3,(H,18,21)(H,19,20). The Bertz CT molecular complexity index is 723. The van der Waals surface area contributed by atoms with Crippen LogP contribution in [-0.2, 0) is 11.2 Å². The van der Waals surface area contributed by atoms with E-state index in [9.17, 15) is 9.59 Å². The molecular formula is C17H16N2O3. The summed E-state index contributed by atoms with van der Waals surface area (Å²) in [5.41, 5.74) is 2.94. The number of ether oxygens (including phenoxy) is 1. The van der Waals surface area contributed by atoms with Crippen LogP contribution < -0.4 is 15.4 Å². The molecule has 2 aromatic carbocycles. The van der Waals surface area contributed by atoms with Gasteiger partial charge in [0.2, 0.25) is 5.91 Å². The molecule has 0 unspecified atom stereocenters. The first-order chi connectivity index (χ1) is 10.7. The van der Waals surface area contributed by atoms with Crippen molar-refractivity contribution in [2.75, 3.05) is 17.2 Å². The molecule has 5 heteroatoms. The fourth-order valence-electron chi connectivity index (χ4n) is 2.38. The minimum atomic E-state index is -0.194. The number of carbonyl (C=O) groups excluding carboxylic acids is 2. The maximum absolute atomic E-state index is 12.2. The maximum Gasteiger partial charge on any atom is 0.255 e. The number of benzene rings is 2. The van der Waals surface area contributed by atoms with E-state index < -0.39 is 0 Å². The Morgan fingerprint density at radius 3 is 2.73 bits per heavy atom. The van der Waals surface area contributed by atoms with Gasteiger partial charge in [-0.15, -0.1) is 0 Å². The minimum absolute atomic E-state index is 0.0232. The van der Waals surface area contributed by atoms with Crippen LogP contribution in [0, 0.1) is 0 Å². The summed E-state index contributed by atoms with van der Waals surface area (Å²) in [7, 11) is 0. The SMILES string of the molecule is CCOc1ccc(C(=O)Nc2ccc3c(c2)CC(=O)N3)cc1. The molecule has 0 atom stereocenters. The molecule has 0 saturated heterocycles. The molecule has 22 heavy (non-hydrogen) atoms. The van der Waals surface area contributed by atoms with Gasteiger partial charge in [-0.25, -0.2) is 0 Å². The van der Waals surface area contributed by atoms with E-state index >= 15 is 0 Å². The molecule has 2 N–H and O–H groups in total. The zero-order valence-electron chi connectivity index (χ0n) is 12.2. The fraction of sp³-hybridized carbons (Fsp3) is 0.176. The lowest BCUT2D eigenvalue weighted by Crippen LogP contribution is -2.11. The van der Waals surface area contributed by atoms with Gasteiger partial charge in [-0.05, 0) is 55.0 Å². The second-order valence-electron chi connectivity index (χ2n) is 5.01. The second-order valence-corrected chi connectivity index (χ2v) is 5.01. The average Bonchev–Trinajstić information content (AvgIpc) is 2.87. The molecule has 5 nitrogen and oxygen atoms in total. The van der Waals surface area contributed by atoms with Gasteiger partial charge in [-0.2, -0.15) is 0 Å². The van der Waals surface area contributed by atoms with Crippen molar-refractivity contribution >= 4 is 23.2 Å². The van der Waals surface area contributed by atoms with E-state index in [1.165, 1.54) is 0 Å². The minimum Gasteiger partial charge on any atom is -0.494 e. The lowest BCUT2D eigenvalue weighted by molar-refractivity contribution is -0.115. The molecule has 1 aliphatic heterocycles. The van der Waals surface area contributed by atoms with Crippen LogP contribution >= 0.6 is 0 Å². The number of anilines is 2. The van der Waals surface area contributed by atoms with Gasteiger partial charge in [-0.1, -0.05) is 0 Å². The third-order valence-electron chi connectivity index (χ3n) is 3.42.